The van der Waals surface area contributed by atoms with Gasteiger partial charge in [-0.15, -0.1) is 0 Å². The van der Waals surface area contributed by atoms with Crippen molar-refractivity contribution in [1.82, 2.24) is 9.80 Å². The number of ether oxygens (including phenoxy) is 1. The Balaban J connectivity index is 1.72. The van der Waals surface area contributed by atoms with Crippen LogP contribution in [0.5, 0.6) is 5.75 Å². The fourth-order valence-corrected chi connectivity index (χ4v) is 2.78. The summed E-state index contributed by atoms with van der Waals surface area (Å²) in [6, 6.07) is 10.7. The minimum atomic E-state index is 0.173. The first-order chi connectivity index (χ1) is 10.1. The van der Waals surface area contributed by atoms with Crippen LogP contribution in [0.15, 0.2) is 30.3 Å². The number of likely N-dealkylation sites (N-methyl/N-ethyl adjacent to an activating group) is 1. The van der Waals surface area contributed by atoms with Crippen molar-refractivity contribution < 1.29 is 9.53 Å². The summed E-state index contributed by atoms with van der Waals surface area (Å²) in [6.45, 7) is 6.07. The number of para-hydroxylation sites is 1. The summed E-state index contributed by atoms with van der Waals surface area (Å²) in [5, 5.41) is 0. The Hall–Kier alpha value is -1.55. The molecular formula is C17H26N2O2. The summed E-state index contributed by atoms with van der Waals surface area (Å²) in [6.07, 6.45) is 2.38. The monoisotopic (exact) mass is 290 g/mol. The average Bonchev–Trinajstić information content (AvgIpc) is 2.80. The number of carbonyl (C=O) groups is 1. The van der Waals surface area contributed by atoms with E-state index in [0.717, 1.165) is 5.75 Å². The van der Waals surface area contributed by atoms with Crippen molar-refractivity contribution in [2.75, 3.05) is 26.7 Å². The number of likely N-dealkylation sites (tertiary alicyclic amines) is 1. The van der Waals surface area contributed by atoms with Crippen molar-refractivity contribution in [2.24, 2.45) is 0 Å². The molecule has 1 fully saturated rings. The van der Waals surface area contributed by atoms with Gasteiger partial charge in [0, 0.05) is 19.1 Å². The zero-order chi connectivity index (χ0) is 15.2. The van der Waals surface area contributed by atoms with Crippen LogP contribution in [0.4, 0.5) is 0 Å². The molecule has 0 saturated carbocycles. The van der Waals surface area contributed by atoms with Crippen molar-refractivity contribution in [1.29, 1.82) is 0 Å². The van der Waals surface area contributed by atoms with Gasteiger partial charge in [-0.2, -0.15) is 0 Å². The molecule has 1 heterocycles. The van der Waals surface area contributed by atoms with E-state index < -0.39 is 0 Å². The quantitative estimate of drug-likeness (QED) is 0.806. The highest BCUT2D eigenvalue weighted by Crippen LogP contribution is 2.22. The van der Waals surface area contributed by atoms with Crippen LogP contribution in [-0.2, 0) is 4.79 Å². The van der Waals surface area contributed by atoms with E-state index in [2.05, 4.69) is 18.7 Å². The molecule has 2 unspecified atom stereocenters. The van der Waals surface area contributed by atoms with Crippen molar-refractivity contribution >= 4 is 5.91 Å². The van der Waals surface area contributed by atoms with Gasteiger partial charge in [0.05, 0.1) is 13.1 Å². The highest BCUT2D eigenvalue weighted by molar-refractivity contribution is 5.78. The Morgan fingerprint density at radius 2 is 1.86 bits per heavy atom. The minimum absolute atomic E-state index is 0.173. The number of hydrogen-bond acceptors (Lipinski definition) is 3. The predicted molar refractivity (Wildman–Crippen MR) is 84.4 cm³/mol. The molecule has 1 saturated heterocycles. The molecule has 4 heteroatoms. The van der Waals surface area contributed by atoms with Gasteiger partial charge in [0.2, 0.25) is 5.91 Å². The zero-order valence-corrected chi connectivity index (χ0v) is 13.3. The Kier molecular flexibility index (Phi) is 5.62. The maximum atomic E-state index is 12.3. The molecule has 0 aromatic heterocycles. The lowest BCUT2D eigenvalue weighted by atomic mass is 10.2. The Bertz CT molecular complexity index is 439. The van der Waals surface area contributed by atoms with E-state index in [1.807, 2.05) is 37.4 Å². The van der Waals surface area contributed by atoms with Crippen LogP contribution in [0.25, 0.3) is 0 Å². The van der Waals surface area contributed by atoms with Gasteiger partial charge in [0.25, 0.3) is 0 Å². The van der Waals surface area contributed by atoms with Gasteiger partial charge < -0.3 is 9.64 Å². The highest BCUT2D eigenvalue weighted by atomic mass is 16.5. The van der Waals surface area contributed by atoms with Crippen LogP contribution in [0.1, 0.15) is 26.7 Å². The normalized spacial score (nSPS) is 22.2. The third-order valence-corrected chi connectivity index (χ3v) is 4.32. The zero-order valence-electron chi connectivity index (χ0n) is 13.3. The number of nitrogens with zero attached hydrogens (tertiary/aromatic N) is 2. The molecule has 116 valence electrons. The summed E-state index contributed by atoms with van der Waals surface area (Å²) in [4.78, 5) is 16.3. The molecule has 1 aromatic carbocycles. The largest absolute Gasteiger partial charge is 0.492 e. The molecule has 0 aliphatic carbocycles. The number of rotatable bonds is 6. The predicted octanol–water partition coefficient (Wildman–Crippen LogP) is 2.40. The van der Waals surface area contributed by atoms with Gasteiger partial charge in [-0.05, 0) is 38.8 Å². The number of amides is 1. The van der Waals surface area contributed by atoms with Crippen LogP contribution in [-0.4, -0.2) is 54.5 Å². The van der Waals surface area contributed by atoms with E-state index >= 15 is 0 Å². The van der Waals surface area contributed by atoms with E-state index in [-0.39, 0.29) is 5.91 Å². The van der Waals surface area contributed by atoms with E-state index in [1.165, 1.54) is 12.8 Å². The summed E-state index contributed by atoms with van der Waals surface area (Å²) in [7, 11) is 1.85. The van der Waals surface area contributed by atoms with E-state index in [4.69, 9.17) is 4.74 Å². The first-order valence-corrected chi connectivity index (χ1v) is 7.75. The molecule has 1 aliphatic rings. The lowest BCUT2D eigenvalue weighted by Crippen LogP contribution is -2.43. The van der Waals surface area contributed by atoms with Crippen molar-refractivity contribution in [3.05, 3.63) is 30.3 Å². The van der Waals surface area contributed by atoms with Crippen molar-refractivity contribution in [3.63, 3.8) is 0 Å². The topological polar surface area (TPSA) is 32.8 Å². The smallest absolute Gasteiger partial charge is 0.236 e. The number of carbonyl (C=O) groups excluding carboxylic acids is 1. The van der Waals surface area contributed by atoms with Crippen LogP contribution in [0, 0.1) is 0 Å². The third kappa shape index (κ3) is 4.46. The number of hydrogen-bond donors (Lipinski definition) is 0. The lowest BCUT2D eigenvalue weighted by molar-refractivity contribution is -0.132. The van der Waals surface area contributed by atoms with Gasteiger partial charge in [-0.25, -0.2) is 0 Å². The van der Waals surface area contributed by atoms with Crippen LogP contribution < -0.4 is 4.74 Å². The average molecular weight is 290 g/mol. The van der Waals surface area contributed by atoms with E-state index in [9.17, 15) is 4.79 Å². The summed E-state index contributed by atoms with van der Waals surface area (Å²) >= 11 is 0. The van der Waals surface area contributed by atoms with E-state index in [0.29, 0.717) is 31.8 Å². The maximum absolute atomic E-state index is 12.3. The van der Waals surface area contributed by atoms with Crippen LogP contribution in [0.2, 0.25) is 0 Å². The minimum Gasteiger partial charge on any atom is -0.492 e. The van der Waals surface area contributed by atoms with Gasteiger partial charge in [0.15, 0.2) is 0 Å². The maximum Gasteiger partial charge on any atom is 0.236 e. The van der Waals surface area contributed by atoms with Gasteiger partial charge in [-0.1, -0.05) is 18.2 Å². The first-order valence-electron chi connectivity index (χ1n) is 7.75. The fraction of sp³-hybridized carbons (Fsp3) is 0.588. The van der Waals surface area contributed by atoms with E-state index in [1.54, 1.807) is 4.90 Å². The molecule has 1 aliphatic heterocycles. The van der Waals surface area contributed by atoms with Gasteiger partial charge >= 0.3 is 0 Å². The third-order valence-electron chi connectivity index (χ3n) is 4.32. The highest BCUT2D eigenvalue weighted by Gasteiger charge is 2.29. The molecule has 1 aromatic rings. The second-order valence-corrected chi connectivity index (χ2v) is 5.92. The number of benzene rings is 1. The molecule has 2 atom stereocenters. The molecular weight excluding hydrogens is 264 g/mol. The fourth-order valence-electron chi connectivity index (χ4n) is 2.78. The molecule has 21 heavy (non-hydrogen) atoms. The molecule has 0 spiro atoms. The Morgan fingerprint density at radius 1 is 1.24 bits per heavy atom. The summed E-state index contributed by atoms with van der Waals surface area (Å²) < 4.78 is 5.63. The van der Waals surface area contributed by atoms with Crippen molar-refractivity contribution in [2.45, 2.75) is 38.8 Å². The van der Waals surface area contributed by atoms with Gasteiger partial charge in [-0.3, -0.25) is 9.69 Å². The molecule has 4 nitrogen and oxygen atoms in total. The van der Waals surface area contributed by atoms with Crippen molar-refractivity contribution in [3.8, 4) is 5.75 Å². The standard InChI is InChI=1S/C17H26N2O2/c1-14-9-10-15(2)19(14)13-17(20)18(3)11-12-21-16-7-5-4-6-8-16/h4-8,14-15H,9-13H2,1-3H3. The molecule has 1 amide bonds. The Morgan fingerprint density at radius 3 is 2.48 bits per heavy atom. The molecule has 0 N–H and O–H groups in total. The first kappa shape index (κ1) is 15.8. The van der Waals surface area contributed by atoms with Gasteiger partial charge in [0.1, 0.15) is 12.4 Å². The van der Waals surface area contributed by atoms with Crippen LogP contribution in [0.3, 0.4) is 0 Å². The second-order valence-electron chi connectivity index (χ2n) is 5.92. The summed E-state index contributed by atoms with van der Waals surface area (Å²) in [5.41, 5.74) is 0. The lowest BCUT2D eigenvalue weighted by Gasteiger charge is -2.27. The Labute approximate surface area is 127 Å². The second kappa shape index (κ2) is 7.46. The molecule has 2 rings (SSSR count). The SMILES string of the molecule is CC1CCC(C)N1CC(=O)N(C)CCOc1ccccc1. The molecule has 0 bridgehead atoms. The summed E-state index contributed by atoms with van der Waals surface area (Å²) in [5.74, 6) is 1.02. The molecule has 0 radical (unpaired) electrons. The van der Waals surface area contributed by atoms with Crippen LogP contribution >= 0.6 is 0 Å².